The molecule has 2 rings (SSSR count). The third kappa shape index (κ3) is 6.48. The number of anilines is 1. The van der Waals surface area contributed by atoms with Gasteiger partial charge in [0.15, 0.2) is 0 Å². The molecule has 1 aromatic heterocycles. The van der Waals surface area contributed by atoms with E-state index in [9.17, 15) is 24.5 Å². The van der Waals surface area contributed by atoms with E-state index in [-0.39, 0.29) is 28.3 Å². The number of rotatable bonds is 9. The Morgan fingerprint density at radius 2 is 1.91 bits per heavy atom. The molecule has 1 heterocycles. The highest BCUT2D eigenvalue weighted by atomic mass is 32.1. The summed E-state index contributed by atoms with van der Waals surface area (Å²) in [6.07, 6.45) is 2.25. The Balaban J connectivity index is 2.37. The Hall–Kier alpha value is -3.53. The molecule has 0 saturated carbocycles. The average molecular weight is 474 g/mol. The zero-order chi connectivity index (χ0) is 24.7. The average Bonchev–Trinajstić information content (AvgIpc) is 3.08. The first kappa shape index (κ1) is 25.7. The molecule has 1 N–H and O–H groups in total. The molecule has 0 aliphatic carbocycles. The van der Waals surface area contributed by atoms with E-state index in [1.807, 2.05) is 13.8 Å². The van der Waals surface area contributed by atoms with Crippen LogP contribution < -0.4 is 5.32 Å². The summed E-state index contributed by atoms with van der Waals surface area (Å²) in [6, 6.07) is 5.83. The number of hydrogen-bond donors (Lipinski definition) is 1. The SMILES string of the molecule is CCN(CC)C(=O)c1sc(NC(=O)/C=C/c2cccc([N+](=O)[O-])c2)c(C(=O)OC(C)C)c1C. The second-order valence-corrected chi connectivity index (χ2v) is 8.39. The zero-order valence-electron chi connectivity index (χ0n) is 19.2. The first-order valence-electron chi connectivity index (χ1n) is 10.5. The lowest BCUT2D eigenvalue weighted by molar-refractivity contribution is -0.384. The van der Waals surface area contributed by atoms with E-state index < -0.39 is 16.8 Å². The Kier molecular flexibility index (Phi) is 8.86. The van der Waals surface area contributed by atoms with Crippen LogP contribution in [0.1, 0.15) is 58.9 Å². The van der Waals surface area contributed by atoms with Crippen LogP contribution in [0.3, 0.4) is 0 Å². The highest BCUT2D eigenvalue weighted by molar-refractivity contribution is 7.18. The van der Waals surface area contributed by atoms with Crippen molar-refractivity contribution in [3.05, 3.63) is 62.0 Å². The van der Waals surface area contributed by atoms with Crippen molar-refractivity contribution in [1.82, 2.24) is 4.90 Å². The second kappa shape index (κ2) is 11.4. The number of thiophene rings is 1. The first-order chi connectivity index (χ1) is 15.6. The van der Waals surface area contributed by atoms with Crippen LogP contribution in [0.4, 0.5) is 10.7 Å². The molecule has 0 bridgehead atoms. The van der Waals surface area contributed by atoms with E-state index >= 15 is 0 Å². The molecule has 0 aliphatic heterocycles. The van der Waals surface area contributed by atoms with E-state index in [0.29, 0.717) is 29.1 Å². The molecule has 0 saturated heterocycles. The summed E-state index contributed by atoms with van der Waals surface area (Å²) < 4.78 is 5.32. The largest absolute Gasteiger partial charge is 0.459 e. The summed E-state index contributed by atoms with van der Waals surface area (Å²) in [5, 5.41) is 13.8. The van der Waals surface area contributed by atoms with Crippen LogP contribution in [-0.4, -0.2) is 46.8 Å². The van der Waals surface area contributed by atoms with Crippen molar-refractivity contribution in [1.29, 1.82) is 0 Å². The molecule has 176 valence electrons. The van der Waals surface area contributed by atoms with E-state index in [1.54, 1.807) is 31.7 Å². The number of esters is 1. The van der Waals surface area contributed by atoms with Gasteiger partial charge in [0.25, 0.3) is 11.6 Å². The van der Waals surface area contributed by atoms with Gasteiger partial charge in [-0.25, -0.2) is 4.79 Å². The molecule has 2 amide bonds. The highest BCUT2D eigenvalue weighted by Gasteiger charge is 2.28. The van der Waals surface area contributed by atoms with Gasteiger partial charge in [-0.05, 0) is 51.8 Å². The maximum Gasteiger partial charge on any atom is 0.341 e. The maximum absolute atomic E-state index is 12.9. The minimum atomic E-state index is -0.629. The fourth-order valence-electron chi connectivity index (χ4n) is 3.05. The molecular formula is C23H27N3O6S. The smallest absolute Gasteiger partial charge is 0.341 e. The van der Waals surface area contributed by atoms with Crippen LogP contribution in [0.2, 0.25) is 0 Å². The molecule has 0 atom stereocenters. The van der Waals surface area contributed by atoms with E-state index in [4.69, 9.17) is 4.74 Å². The van der Waals surface area contributed by atoms with Gasteiger partial charge in [-0.2, -0.15) is 0 Å². The van der Waals surface area contributed by atoms with Gasteiger partial charge in [0.2, 0.25) is 5.91 Å². The summed E-state index contributed by atoms with van der Waals surface area (Å²) >= 11 is 1.02. The van der Waals surface area contributed by atoms with Crippen molar-refractivity contribution >= 4 is 45.9 Å². The summed E-state index contributed by atoms with van der Waals surface area (Å²) in [6.45, 7) is 9.81. The molecule has 0 radical (unpaired) electrons. The van der Waals surface area contributed by atoms with E-state index in [0.717, 1.165) is 11.3 Å². The number of ether oxygens (including phenoxy) is 1. The normalized spacial score (nSPS) is 11.0. The Morgan fingerprint density at radius 3 is 2.48 bits per heavy atom. The lowest BCUT2D eigenvalue weighted by Crippen LogP contribution is -2.30. The van der Waals surface area contributed by atoms with Gasteiger partial charge in [-0.15, -0.1) is 11.3 Å². The molecule has 0 fully saturated rings. The molecule has 0 aliphatic rings. The van der Waals surface area contributed by atoms with E-state index in [2.05, 4.69) is 5.32 Å². The number of nitrogens with one attached hydrogen (secondary N) is 1. The fraction of sp³-hybridized carbons (Fsp3) is 0.348. The van der Waals surface area contributed by atoms with Gasteiger partial charge < -0.3 is 15.0 Å². The number of carbonyl (C=O) groups is 3. The van der Waals surface area contributed by atoms with Crippen LogP contribution in [0.25, 0.3) is 6.08 Å². The van der Waals surface area contributed by atoms with Crippen molar-refractivity contribution in [2.75, 3.05) is 18.4 Å². The van der Waals surface area contributed by atoms with Gasteiger partial charge >= 0.3 is 5.97 Å². The van der Waals surface area contributed by atoms with Gasteiger partial charge in [-0.1, -0.05) is 12.1 Å². The second-order valence-electron chi connectivity index (χ2n) is 7.37. The number of non-ortho nitro benzene ring substituents is 1. The molecule has 0 unspecified atom stereocenters. The van der Waals surface area contributed by atoms with Crippen LogP contribution in [0.5, 0.6) is 0 Å². The number of nitro groups is 1. The number of hydrogen-bond acceptors (Lipinski definition) is 7. The lowest BCUT2D eigenvalue weighted by atomic mass is 10.1. The Labute approximate surface area is 196 Å². The summed E-state index contributed by atoms with van der Waals surface area (Å²) in [5.74, 6) is -1.41. The number of amides is 2. The van der Waals surface area contributed by atoms with Crippen molar-refractivity contribution in [3.8, 4) is 0 Å². The molecule has 0 spiro atoms. The number of benzene rings is 1. The number of nitrogens with zero attached hydrogens (tertiary/aromatic N) is 2. The van der Waals surface area contributed by atoms with Crippen LogP contribution >= 0.6 is 11.3 Å². The minimum Gasteiger partial charge on any atom is -0.459 e. The number of carbonyl (C=O) groups excluding carboxylic acids is 3. The third-order valence-electron chi connectivity index (χ3n) is 4.68. The van der Waals surface area contributed by atoms with Crippen LogP contribution in [0, 0.1) is 17.0 Å². The van der Waals surface area contributed by atoms with Gasteiger partial charge in [0.1, 0.15) is 5.00 Å². The monoisotopic (exact) mass is 473 g/mol. The predicted octanol–water partition coefficient (Wildman–Crippen LogP) is 4.66. The lowest BCUT2D eigenvalue weighted by Gasteiger charge is -2.18. The molecule has 2 aromatic rings. The molecule has 33 heavy (non-hydrogen) atoms. The van der Waals surface area contributed by atoms with E-state index in [1.165, 1.54) is 30.4 Å². The molecular weight excluding hydrogens is 446 g/mol. The van der Waals surface area contributed by atoms with Crippen molar-refractivity contribution in [3.63, 3.8) is 0 Å². The van der Waals surface area contributed by atoms with Gasteiger partial charge in [0.05, 0.1) is 21.5 Å². The fourth-order valence-corrected chi connectivity index (χ4v) is 4.21. The number of nitro benzene ring substituents is 1. The maximum atomic E-state index is 12.9. The standard InChI is InChI=1S/C23H27N3O6S/c1-6-25(7-2)22(28)20-15(5)19(23(29)32-14(3)4)21(33-20)24-18(27)12-11-16-9-8-10-17(13-16)26(30)31/h8-14H,6-7H2,1-5H3,(H,24,27)/b12-11+. The topological polar surface area (TPSA) is 119 Å². The highest BCUT2D eigenvalue weighted by Crippen LogP contribution is 2.35. The molecule has 10 heteroatoms. The summed E-state index contributed by atoms with van der Waals surface area (Å²) in [4.78, 5) is 50.6. The van der Waals surface area contributed by atoms with Crippen LogP contribution in [-0.2, 0) is 9.53 Å². The summed E-state index contributed by atoms with van der Waals surface area (Å²) in [7, 11) is 0. The third-order valence-corrected chi connectivity index (χ3v) is 5.88. The quantitative estimate of drug-likeness (QED) is 0.245. The van der Waals surface area contributed by atoms with Crippen molar-refractivity contribution in [2.45, 2.75) is 40.7 Å². The van der Waals surface area contributed by atoms with Gasteiger partial charge in [0, 0.05) is 31.3 Å². The molecule has 9 nitrogen and oxygen atoms in total. The zero-order valence-corrected chi connectivity index (χ0v) is 20.0. The predicted molar refractivity (Wildman–Crippen MR) is 128 cm³/mol. The summed E-state index contributed by atoms with van der Waals surface area (Å²) in [5.41, 5.74) is 0.963. The first-order valence-corrected chi connectivity index (χ1v) is 11.3. The van der Waals surface area contributed by atoms with Crippen LogP contribution in [0.15, 0.2) is 30.3 Å². The molecule has 1 aromatic carbocycles. The van der Waals surface area contributed by atoms with Crippen molar-refractivity contribution < 1.29 is 24.0 Å². The minimum absolute atomic E-state index is 0.0929. The van der Waals surface area contributed by atoms with Crippen molar-refractivity contribution in [2.24, 2.45) is 0 Å². The van der Waals surface area contributed by atoms with Gasteiger partial charge in [-0.3, -0.25) is 19.7 Å². The Bertz CT molecular complexity index is 1090. The Morgan fingerprint density at radius 1 is 1.24 bits per heavy atom.